The van der Waals surface area contributed by atoms with Gasteiger partial charge in [0.25, 0.3) is 0 Å². The third kappa shape index (κ3) is 4.51. The van der Waals surface area contributed by atoms with E-state index in [2.05, 4.69) is 17.4 Å². The average molecular weight is 261 g/mol. The van der Waals surface area contributed by atoms with Gasteiger partial charge in [0.1, 0.15) is 5.82 Å². The third-order valence-corrected chi connectivity index (χ3v) is 3.51. The highest BCUT2D eigenvalue weighted by atomic mass is 32.2. The Morgan fingerprint density at radius 3 is 2.61 bits per heavy atom. The molecule has 0 aromatic heterocycles. The van der Waals surface area contributed by atoms with E-state index in [1.54, 1.807) is 23.9 Å². The summed E-state index contributed by atoms with van der Waals surface area (Å²) in [4.78, 5) is 0.983. The summed E-state index contributed by atoms with van der Waals surface area (Å²) in [6.45, 7) is 1.79. The van der Waals surface area contributed by atoms with Gasteiger partial charge in [-0.05, 0) is 23.8 Å². The normalized spacial score (nSPS) is 10.5. The van der Waals surface area contributed by atoms with Gasteiger partial charge < -0.3 is 5.32 Å². The molecule has 94 valence electrons. The van der Waals surface area contributed by atoms with Crippen LogP contribution in [0.4, 0.5) is 4.39 Å². The second-order valence-corrected chi connectivity index (χ2v) is 5.14. The molecule has 0 heterocycles. The molecule has 0 aliphatic carbocycles. The lowest BCUT2D eigenvalue weighted by Crippen LogP contribution is -2.16. The van der Waals surface area contributed by atoms with Crippen LogP contribution < -0.4 is 5.32 Å². The highest BCUT2D eigenvalue weighted by Crippen LogP contribution is 2.17. The van der Waals surface area contributed by atoms with Crippen molar-refractivity contribution in [1.29, 1.82) is 0 Å². The first-order chi connectivity index (χ1) is 8.84. The number of nitrogens with one attached hydrogen (secondary N) is 1. The second-order valence-electron chi connectivity index (χ2n) is 3.97. The predicted molar refractivity (Wildman–Crippen MR) is 75.3 cm³/mol. The Labute approximate surface area is 111 Å². The van der Waals surface area contributed by atoms with Gasteiger partial charge in [0.15, 0.2) is 0 Å². The molecule has 0 aliphatic heterocycles. The number of rotatable bonds is 6. The molecule has 1 N–H and O–H groups in total. The van der Waals surface area contributed by atoms with Crippen LogP contribution in [0.3, 0.4) is 0 Å². The summed E-state index contributed by atoms with van der Waals surface area (Å²) in [5.41, 5.74) is 1.29. The quantitative estimate of drug-likeness (QED) is 0.628. The molecule has 0 unspecified atom stereocenters. The van der Waals surface area contributed by atoms with Gasteiger partial charge in [-0.2, -0.15) is 0 Å². The summed E-state index contributed by atoms with van der Waals surface area (Å²) in [7, 11) is 0. The molecule has 0 bridgehead atoms. The maximum atomic E-state index is 12.9. The van der Waals surface area contributed by atoms with E-state index < -0.39 is 0 Å². The minimum atomic E-state index is -0.169. The van der Waals surface area contributed by atoms with E-state index in [1.165, 1.54) is 11.6 Å². The Balaban J connectivity index is 1.65. The van der Waals surface area contributed by atoms with Crippen molar-refractivity contribution < 1.29 is 4.39 Å². The van der Waals surface area contributed by atoms with Crippen molar-refractivity contribution in [2.75, 3.05) is 12.3 Å². The highest BCUT2D eigenvalue weighted by Gasteiger charge is 1.96. The molecule has 0 fully saturated rings. The van der Waals surface area contributed by atoms with E-state index in [4.69, 9.17) is 0 Å². The fourth-order valence-electron chi connectivity index (χ4n) is 1.63. The lowest BCUT2D eigenvalue weighted by atomic mass is 10.2. The summed E-state index contributed by atoms with van der Waals surface area (Å²) in [6.07, 6.45) is 0. The first kappa shape index (κ1) is 13.1. The molecule has 18 heavy (non-hydrogen) atoms. The first-order valence-electron chi connectivity index (χ1n) is 5.97. The summed E-state index contributed by atoms with van der Waals surface area (Å²) >= 11 is 1.67. The van der Waals surface area contributed by atoms with E-state index in [1.807, 2.05) is 24.3 Å². The van der Waals surface area contributed by atoms with Crippen LogP contribution >= 0.6 is 11.8 Å². The number of hydrogen-bond acceptors (Lipinski definition) is 2. The Morgan fingerprint density at radius 1 is 1.00 bits per heavy atom. The Kier molecular flexibility index (Phi) is 5.24. The topological polar surface area (TPSA) is 12.0 Å². The molecule has 2 aromatic carbocycles. The SMILES string of the molecule is Fc1cccc(SCCNCc2ccccc2)c1. The van der Waals surface area contributed by atoms with Crippen LogP contribution in [0, 0.1) is 5.82 Å². The van der Waals surface area contributed by atoms with Gasteiger partial charge in [-0.15, -0.1) is 11.8 Å². The van der Waals surface area contributed by atoms with Gasteiger partial charge in [-0.25, -0.2) is 4.39 Å². The number of hydrogen-bond donors (Lipinski definition) is 1. The van der Waals surface area contributed by atoms with Gasteiger partial charge in [0.2, 0.25) is 0 Å². The van der Waals surface area contributed by atoms with Gasteiger partial charge in [-0.1, -0.05) is 36.4 Å². The zero-order valence-electron chi connectivity index (χ0n) is 10.1. The van der Waals surface area contributed by atoms with Crippen molar-refractivity contribution in [3.63, 3.8) is 0 Å². The minimum absolute atomic E-state index is 0.169. The maximum Gasteiger partial charge on any atom is 0.124 e. The monoisotopic (exact) mass is 261 g/mol. The molecule has 2 rings (SSSR count). The smallest absolute Gasteiger partial charge is 0.124 e. The van der Waals surface area contributed by atoms with Crippen LogP contribution in [0.25, 0.3) is 0 Å². The van der Waals surface area contributed by atoms with Crippen molar-refractivity contribution in [1.82, 2.24) is 5.32 Å². The van der Waals surface area contributed by atoms with E-state index in [0.717, 1.165) is 23.7 Å². The number of benzene rings is 2. The zero-order valence-corrected chi connectivity index (χ0v) is 10.9. The van der Waals surface area contributed by atoms with Crippen LogP contribution in [-0.4, -0.2) is 12.3 Å². The van der Waals surface area contributed by atoms with Crippen LogP contribution in [0.15, 0.2) is 59.5 Å². The molecule has 0 amide bonds. The lowest BCUT2D eigenvalue weighted by Gasteiger charge is -2.05. The van der Waals surface area contributed by atoms with E-state index in [9.17, 15) is 4.39 Å². The fraction of sp³-hybridized carbons (Fsp3) is 0.200. The van der Waals surface area contributed by atoms with Gasteiger partial charge >= 0.3 is 0 Å². The molecule has 0 atom stereocenters. The summed E-state index contributed by atoms with van der Waals surface area (Å²) in [6, 6.07) is 17.0. The lowest BCUT2D eigenvalue weighted by molar-refractivity contribution is 0.624. The first-order valence-corrected chi connectivity index (χ1v) is 6.96. The average Bonchev–Trinajstić information content (AvgIpc) is 2.40. The van der Waals surface area contributed by atoms with Crippen LogP contribution in [0.1, 0.15) is 5.56 Å². The van der Waals surface area contributed by atoms with Crippen molar-refractivity contribution in [2.24, 2.45) is 0 Å². The summed E-state index contributed by atoms with van der Waals surface area (Å²) < 4.78 is 12.9. The van der Waals surface area contributed by atoms with E-state index >= 15 is 0 Å². The van der Waals surface area contributed by atoms with Crippen molar-refractivity contribution in [3.05, 3.63) is 66.0 Å². The summed E-state index contributed by atoms with van der Waals surface area (Å²) in [5.74, 6) is 0.772. The molecule has 0 radical (unpaired) electrons. The van der Waals surface area contributed by atoms with E-state index in [-0.39, 0.29) is 5.82 Å². The standard InChI is InChI=1S/C15H16FNS/c16-14-7-4-8-15(11-14)18-10-9-17-12-13-5-2-1-3-6-13/h1-8,11,17H,9-10,12H2. The molecule has 1 nitrogen and oxygen atoms in total. The zero-order chi connectivity index (χ0) is 12.6. The highest BCUT2D eigenvalue weighted by molar-refractivity contribution is 7.99. The molecule has 3 heteroatoms. The molecular weight excluding hydrogens is 245 g/mol. The largest absolute Gasteiger partial charge is 0.312 e. The van der Waals surface area contributed by atoms with Gasteiger partial charge in [0, 0.05) is 23.7 Å². The third-order valence-electron chi connectivity index (χ3n) is 2.52. The second kappa shape index (κ2) is 7.19. The number of thioether (sulfide) groups is 1. The fourth-order valence-corrected chi connectivity index (χ4v) is 2.48. The van der Waals surface area contributed by atoms with E-state index in [0.29, 0.717) is 0 Å². The van der Waals surface area contributed by atoms with Crippen LogP contribution in [-0.2, 0) is 6.54 Å². The number of halogens is 1. The van der Waals surface area contributed by atoms with Crippen molar-refractivity contribution >= 4 is 11.8 Å². The maximum absolute atomic E-state index is 12.9. The van der Waals surface area contributed by atoms with Crippen LogP contribution in [0.2, 0.25) is 0 Å². The Morgan fingerprint density at radius 2 is 1.83 bits per heavy atom. The minimum Gasteiger partial charge on any atom is -0.312 e. The van der Waals surface area contributed by atoms with Gasteiger partial charge in [0.05, 0.1) is 0 Å². The Hall–Kier alpha value is -1.32. The molecule has 0 saturated heterocycles. The summed E-state index contributed by atoms with van der Waals surface area (Å²) in [5, 5.41) is 3.37. The molecule has 0 saturated carbocycles. The van der Waals surface area contributed by atoms with Crippen molar-refractivity contribution in [2.45, 2.75) is 11.4 Å². The molecule has 0 aliphatic rings. The van der Waals surface area contributed by atoms with Crippen LogP contribution in [0.5, 0.6) is 0 Å². The van der Waals surface area contributed by atoms with Gasteiger partial charge in [-0.3, -0.25) is 0 Å². The predicted octanol–water partition coefficient (Wildman–Crippen LogP) is 3.71. The Bertz CT molecular complexity index is 473. The molecular formula is C15H16FNS. The molecule has 0 spiro atoms. The van der Waals surface area contributed by atoms with Crippen molar-refractivity contribution in [3.8, 4) is 0 Å². The molecule has 2 aromatic rings.